The Morgan fingerprint density at radius 2 is 2.29 bits per heavy atom. The van der Waals surface area contributed by atoms with Crippen LogP contribution in [0.15, 0.2) is 22.7 Å². The van der Waals surface area contributed by atoms with Crippen molar-refractivity contribution >= 4 is 15.9 Å². The summed E-state index contributed by atoms with van der Waals surface area (Å²) in [7, 11) is 1.80. The first-order valence-electron chi connectivity index (χ1n) is 7.92. The maximum Gasteiger partial charge on any atom is 0.0502 e. The molecule has 0 saturated carbocycles. The van der Waals surface area contributed by atoms with Gasteiger partial charge in [0.05, 0.1) is 6.61 Å². The molecule has 1 aromatic carbocycles. The van der Waals surface area contributed by atoms with Gasteiger partial charge < -0.3 is 10.1 Å². The van der Waals surface area contributed by atoms with Gasteiger partial charge in [0.15, 0.2) is 0 Å². The van der Waals surface area contributed by atoms with Gasteiger partial charge >= 0.3 is 0 Å². The Morgan fingerprint density at radius 1 is 1.43 bits per heavy atom. The topological polar surface area (TPSA) is 24.5 Å². The molecule has 1 saturated heterocycles. The van der Waals surface area contributed by atoms with Gasteiger partial charge in [0.1, 0.15) is 0 Å². The molecule has 0 radical (unpaired) electrons. The van der Waals surface area contributed by atoms with Crippen molar-refractivity contribution in [2.45, 2.75) is 32.9 Å². The zero-order chi connectivity index (χ0) is 15.1. The Hall–Kier alpha value is -0.420. The van der Waals surface area contributed by atoms with Crippen LogP contribution in [0.3, 0.4) is 0 Å². The number of piperidine rings is 1. The van der Waals surface area contributed by atoms with Gasteiger partial charge in [-0.05, 0) is 49.0 Å². The predicted octanol–water partition coefficient (Wildman–Crippen LogP) is 3.42. The van der Waals surface area contributed by atoms with E-state index in [1.54, 1.807) is 7.11 Å². The summed E-state index contributed by atoms with van der Waals surface area (Å²) in [5, 5.41) is 3.37. The van der Waals surface area contributed by atoms with Gasteiger partial charge in [0.2, 0.25) is 0 Å². The highest BCUT2D eigenvalue weighted by Gasteiger charge is 2.20. The zero-order valence-corrected chi connectivity index (χ0v) is 14.8. The summed E-state index contributed by atoms with van der Waals surface area (Å²) in [4.78, 5) is 2.55. The van der Waals surface area contributed by atoms with Crippen molar-refractivity contribution < 1.29 is 4.74 Å². The lowest BCUT2D eigenvalue weighted by Gasteiger charge is -2.32. The Balaban J connectivity index is 1.92. The minimum Gasteiger partial charge on any atom is -0.384 e. The lowest BCUT2D eigenvalue weighted by Crippen LogP contribution is -2.36. The van der Waals surface area contributed by atoms with Gasteiger partial charge in [-0.2, -0.15) is 0 Å². The molecule has 1 fully saturated rings. The summed E-state index contributed by atoms with van der Waals surface area (Å²) in [6.07, 6.45) is 2.58. The fraction of sp³-hybridized carbons (Fsp3) is 0.647. The van der Waals surface area contributed by atoms with E-state index in [9.17, 15) is 0 Å². The molecule has 4 heteroatoms. The normalized spacial score (nSPS) is 19.9. The average molecular weight is 355 g/mol. The number of rotatable bonds is 7. The van der Waals surface area contributed by atoms with E-state index in [0.717, 1.165) is 32.8 Å². The number of nitrogens with one attached hydrogen (secondary N) is 1. The predicted molar refractivity (Wildman–Crippen MR) is 91.4 cm³/mol. The summed E-state index contributed by atoms with van der Waals surface area (Å²) in [6, 6.07) is 6.74. The van der Waals surface area contributed by atoms with Gasteiger partial charge in [0.25, 0.3) is 0 Å². The van der Waals surface area contributed by atoms with Crippen LogP contribution in [0.4, 0.5) is 0 Å². The summed E-state index contributed by atoms with van der Waals surface area (Å²) < 4.78 is 6.54. The number of ether oxygens (including phenoxy) is 1. The van der Waals surface area contributed by atoms with E-state index in [0.29, 0.717) is 5.92 Å². The number of benzene rings is 1. The molecule has 2 rings (SSSR count). The molecule has 1 aliphatic heterocycles. The molecule has 1 unspecified atom stereocenters. The monoisotopic (exact) mass is 354 g/mol. The molecular weight excluding hydrogens is 328 g/mol. The highest BCUT2D eigenvalue weighted by atomic mass is 79.9. The highest BCUT2D eigenvalue weighted by molar-refractivity contribution is 9.10. The second-order valence-corrected chi connectivity index (χ2v) is 6.76. The first-order valence-corrected chi connectivity index (χ1v) is 8.71. The molecule has 0 aliphatic carbocycles. The fourth-order valence-electron chi connectivity index (χ4n) is 3.01. The molecule has 3 nitrogen and oxygen atoms in total. The van der Waals surface area contributed by atoms with Crippen molar-refractivity contribution in [1.29, 1.82) is 0 Å². The molecule has 1 aromatic rings. The molecule has 0 bridgehead atoms. The van der Waals surface area contributed by atoms with E-state index in [-0.39, 0.29) is 0 Å². The van der Waals surface area contributed by atoms with Gasteiger partial charge in [-0.3, -0.25) is 4.90 Å². The summed E-state index contributed by atoms with van der Waals surface area (Å²) in [6.45, 7) is 8.35. The molecule has 118 valence electrons. The van der Waals surface area contributed by atoms with Crippen LogP contribution in [0.2, 0.25) is 0 Å². The van der Waals surface area contributed by atoms with Gasteiger partial charge in [-0.15, -0.1) is 0 Å². The molecular formula is C17H27BrN2O. The standard InChI is InChI=1S/C17H27BrN2O/c1-3-19-10-14-6-7-16(17(18)9-14)12-20-8-4-5-15(11-20)13-21-2/h6-7,9,15,19H,3-5,8,10-13H2,1-2H3. The van der Waals surface area contributed by atoms with E-state index in [1.807, 2.05) is 0 Å². The Morgan fingerprint density at radius 3 is 3.00 bits per heavy atom. The van der Waals surface area contributed by atoms with Crippen LogP contribution in [-0.2, 0) is 17.8 Å². The Bertz CT molecular complexity index is 437. The third-order valence-corrected chi connectivity index (χ3v) is 4.83. The van der Waals surface area contributed by atoms with Gasteiger partial charge in [-0.25, -0.2) is 0 Å². The smallest absolute Gasteiger partial charge is 0.0502 e. The van der Waals surface area contributed by atoms with Gasteiger partial charge in [-0.1, -0.05) is 35.0 Å². The Kier molecular flexibility index (Phi) is 7.17. The highest BCUT2D eigenvalue weighted by Crippen LogP contribution is 2.23. The van der Waals surface area contributed by atoms with Crippen LogP contribution in [0, 0.1) is 5.92 Å². The Labute approximate surface area is 137 Å². The lowest BCUT2D eigenvalue weighted by molar-refractivity contribution is 0.0873. The van der Waals surface area contributed by atoms with Crippen molar-refractivity contribution in [2.75, 3.05) is 33.4 Å². The maximum absolute atomic E-state index is 5.31. The molecule has 0 amide bonds. The molecule has 1 atom stereocenters. The number of hydrogen-bond donors (Lipinski definition) is 1. The average Bonchev–Trinajstić information content (AvgIpc) is 2.48. The van der Waals surface area contributed by atoms with E-state index in [4.69, 9.17) is 4.74 Å². The first-order chi connectivity index (χ1) is 10.2. The number of methoxy groups -OCH3 is 1. The van der Waals surface area contributed by atoms with Crippen molar-refractivity contribution in [2.24, 2.45) is 5.92 Å². The molecule has 1 N–H and O–H groups in total. The van der Waals surface area contributed by atoms with Crippen LogP contribution >= 0.6 is 15.9 Å². The minimum atomic E-state index is 0.690. The number of hydrogen-bond acceptors (Lipinski definition) is 3. The van der Waals surface area contributed by atoms with Crippen molar-refractivity contribution in [3.05, 3.63) is 33.8 Å². The first kappa shape index (κ1) is 16.9. The van der Waals surface area contributed by atoms with E-state index in [2.05, 4.69) is 51.3 Å². The van der Waals surface area contributed by atoms with Crippen molar-refractivity contribution in [3.8, 4) is 0 Å². The van der Waals surface area contributed by atoms with Crippen molar-refractivity contribution in [3.63, 3.8) is 0 Å². The van der Waals surface area contributed by atoms with Crippen LogP contribution in [0.1, 0.15) is 30.9 Å². The number of halogens is 1. The molecule has 0 spiro atoms. The maximum atomic E-state index is 5.31. The van der Waals surface area contributed by atoms with Crippen LogP contribution < -0.4 is 5.32 Å². The second kappa shape index (κ2) is 8.89. The molecule has 0 aromatic heterocycles. The van der Waals surface area contributed by atoms with E-state index in [1.165, 1.54) is 35.0 Å². The third kappa shape index (κ3) is 5.37. The summed E-state index contributed by atoms with van der Waals surface area (Å²) in [5.74, 6) is 0.690. The SMILES string of the molecule is CCNCc1ccc(CN2CCCC(COC)C2)c(Br)c1. The van der Waals surface area contributed by atoms with Gasteiger partial charge in [0, 0.05) is 31.2 Å². The fourth-order valence-corrected chi connectivity index (χ4v) is 3.56. The quantitative estimate of drug-likeness (QED) is 0.811. The summed E-state index contributed by atoms with van der Waals surface area (Å²) >= 11 is 3.73. The number of nitrogens with zero attached hydrogens (tertiary/aromatic N) is 1. The lowest BCUT2D eigenvalue weighted by atomic mass is 9.98. The number of likely N-dealkylation sites (tertiary alicyclic amines) is 1. The third-order valence-electron chi connectivity index (χ3n) is 4.10. The van der Waals surface area contributed by atoms with Crippen LogP contribution in [-0.4, -0.2) is 38.3 Å². The van der Waals surface area contributed by atoms with Crippen molar-refractivity contribution in [1.82, 2.24) is 10.2 Å². The second-order valence-electron chi connectivity index (χ2n) is 5.90. The zero-order valence-electron chi connectivity index (χ0n) is 13.2. The minimum absolute atomic E-state index is 0.690. The van der Waals surface area contributed by atoms with Crippen LogP contribution in [0.25, 0.3) is 0 Å². The van der Waals surface area contributed by atoms with E-state index < -0.39 is 0 Å². The molecule has 1 heterocycles. The van der Waals surface area contributed by atoms with Crippen LogP contribution in [0.5, 0.6) is 0 Å². The van der Waals surface area contributed by atoms with E-state index >= 15 is 0 Å². The summed E-state index contributed by atoms with van der Waals surface area (Å²) in [5.41, 5.74) is 2.72. The largest absolute Gasteiger partial charge is 0.384 e. The molecule has 21 heavy (non-hydrogen) atoms. The molecule has 1 aliphatic rings.